The number of aryl methyl sites for hydroxylation is 1. The largest absolute Gasteiger partial charge is 0.416 e. The Kier molecular flexibility index (Phi) is 5.80. The van der Waals surface area contributed by atoms with E-state index in [-0.39, 0.29) is 38.1 Å². The van der Waals surface area contributed by atoms with E-state index in [4.69, 9.17) is 23.2 Å². The molecule has 4 rings (SSSR count). The number of benzene rings is 2. The average molecular weight is 504 g/mol. The number of nitrogens with zero attached hydrogens (tertiary/aromatic N) is 2. The minimum atomic E-state index is -4.53. The molecule has 3 aromatic rings. The van der Waals surface area contributed by atoms with E-state index >= 15 is 0 Å². The van der Waals surface area contributed by atoms with Crippen LogP contribution in [0, 0.1) is 25.2 Å². The van der Waals surface area contributed by atoms with Gasteiger partial charge in [0, 0.05) is 33.2 Å². The Morgan fingerprint density at radius 3 is 2.47 bits per heavy atom. The van der Waals surface area contributed by atoms with Crippen LogP contribution >= 0.6 is 23.2 Å². The van der Waals surface area contributed by atoms with E-state index in [0.717, 1.165) is 12.1 Å². The second-order valence-electron chi connectivity index (χ2n) is 7.62. The number of halogens is 5. The van der Waals surface area contributed by atoms with E-state index in [1.54, 1.807) is 19.9 Å². The number of Topliss-reactive ketones (excluding diaryl/α,β-unsaturated/α-hetero) is 1. The molecule has 0 radical (unpaired) electrons. The van der Waals surface area contributed by atoms with Crippen LogP contribution in [0.15, 0.2) is 48.0 Å². The lowest BCUT2D eigenvalue weighted by Crippen LogP contribution is -2.12. The Bertz CT molecular complexity index is 1460. The molecule has 0 saturated carbocycles. The molecule has 1 aromatic heterocycles. The monoisotopic (exact) mass is 503 g/mol. The van der Waals surface area contributed by atoms with Crippen LogP contribution in [0.25, 0.3) is 11.3 Å². The third kappa shape index (κ3) is 3.87. The number of aromatic nitrogens is 1. The van der Waals surface area contributed by atoms with Crippen molar-refractivity contribution in [3.63, 3.8) is 0 Å². The molecule has 0 saturated heterocycles. The van der Waals surface area contributed by atoms with Crippen molar-refractivity contribution < 1.29 is 22.8 Å². The summed E-state index contributed by atoms with van der Waals surface area (Å²) in [6.45, 7) is 3.18. The highest BCUT2D eigenvalue weighted by molar-refractivity contribution is 6.44. The Hall–Kier alpha value is -3.54. The summed E-state index contributed by atoms with van der Waals surface area (Å²) in [5.74, 6) is -1.43. The molecule has 0 unspecified atom stereocenters. The number of alkyl halides is 3. The highest BCUT2D eigenvalue weighted by atomic mass is 35.5. The van der Waals surface area contributed by atoms with Crippen LogP contribution in [-0.2, 0) is 11.0 Å². The zero-order chi connectivity index (χ0) is 24.9. The first-order valence-electron chi connectivity index (χ1n) is 9.80. The fraction of sp³-hybridized carbons (Fsp3) is 0.125. The van der Waals surface area contributed by atoms with Gasteiger partial charge < -0.3 is 9.88 Å². The fourth-order valence-corrected chi connectivity index (χ4v) is 4.55. The van der Waals surface area contributed by atoms with Crippen LogP contribution < -0.4 is 5.32 Å². The first-order chi connectivity index (χ1) is 15.9. The highest BCUT2D eigenvalue weighted by Gasteiger charge is 2.34. The van der Waals surface area contributed by atoms with Gasteiger partial charge in [0.2, 0.25) is 5.78 Å². The van der Waals surface area contributed by atoms with Crippen molar-refractivity contribution in [3.05, 3.63) is 86.2 Å². The quantitative estimate of drug-likeness (QED) is 0.250. The lowest BCUT2D eigenvalue weighted by molar-refractivity contribution is -0.137. The SMILES string of the molecule is Cc1cc(C(=O)/C(C#N)=C2/C(=O)Nc3c(Cl)cc(Cl)cc32)c(C)n1-c1cccc(C(F)(F)F)c1. The number of hydrogen-bond donors (Lipinski definition) is 1. The van der Waals surface area contributed by atoms with E-state index in [2.05, 4.69) is 5.32 Å². The average Bonchev–Trinajstić information content (AvgIpc) is 3.24. The number of hydrogen-bond acceptors (Lipinski definition) is 3. The van der Waals surface area contributed by atoms with Crippen LogP contribution in [0.3, 0.4) is 0 Å². The van der Waals surface area contributed by atoms with Crippen molar-refractivity contribution >= 4 is 46.2 Å². The molecule has 0 fully saturated rings. The Morgan fingerprint density at radius 1 is 1.12 bits per heavy atom. The number of nitriles is 1. The van der Waals surface area contributed by atoms with Gasteiger partial charge in [-0.1, -0.05) is 29.3 Å². The first-order valence-corrected chi connectivity index (χ1v) is 10.6. The molecular weight excluding hydrogens is 490 g/mol. The first kappa shape index (κ1) is 23.6. The number of carbonyl (C=O) groups is 2. The molecule has 0 atom stereocenters. The number of anilines is 1. The number of rotatable bonds is 3. The summed E-state index contributed by atoms with van der Waals surface area (Å²) in [4.78, 5) is 26.1. The van der Waals surface area contributed by atoms with Crippen molar-refractivity contribution in [2.45, 2.75) is 20.0 Å². The van der Waals surface area contributed by atoms with E-state index < -0.39 is 29.0 Å². The van der Waals surface area contributed by atoms with Gasteiger partial charge in [-0.05, 0) is 50.2 Å². The molecule has 1 amide bonds. The van der Waals surface area contributed by atoms with Gasteiger partial charge in [-0.3, -0.25) is 9.59 Å². The van der Waals surface area contributed by atoms with E-state index in [1.807, 2.05) is 0 Å². The van der Waals surface area contributed by atoms with Gasteiger partial charge >= 0.3 is 6.18 Å². The molecule has 0 aliphatic carbocycles. The second-order valence-corrected chi connectivity index (χ2v) is 8.47. The highest BCUT2D eigenvalue weighted by Crippen LogP contribution is 2.41. The minimum Gasteiger partial charge on any atom is -0.320 e. The fourth-order valence-electron chi connectivity index (χ4n) is 4.01. The standard InChI is InChI=1S/C24H14Cl2F3N3O2/c1-11-6-16(12(2)32(11)15-5-3-4-13(7-15)24(27,28)29)22(33)18(10-30)20-17-8-14(25)9-19(26)21(17)31-23(20)34/h3-9H,1-2H3,(H,31,34)/b20-18+. The van der Waals surface area contributed by atoms with Crippen LogP contribution in [0.1, 0.15) is 32.9 Å². The van der Waals surface area contributed by atoms with Crippen molar-refractivity contribution in [1.82, 2.24) is 4.57 Å². The molecule has 0 spiro atoms. The molecule has 1 aliphatic heterocycles. The smallest absolute Gasteiger partial charge is 0.320 e. The van der Waals surface area contributed by atoms with Gasteiger partial charge in [0.1, 0.15) is 11.6 Å². The van der Waals surface area contributed by atoms with E-state index in [0.29, 0.717) is 11.4 Å². The Morgan fingerprint density at radius 2 is 1.82 bits per heavy atom. The van der Waals surface area contributed by atoms with E-state index in [9.17, 15) is 28.0 Å². The van der Waals surface area contributed by atoms with Crippen molar-refractivity contribution in [1.29, 1.82) is 5.26 Å². The summed E-state index contributed by atoms with van der Waals surface area (Å²) in [6, 6.07) is 10.8. The number of fused-ring (bicyclic) bond motifs is 1. The number of amides is 1. The van der Waals surface area contributed by atoms with Crippen molar-refractivity contribution in [3.8, 4) is 11.8 Å². The molecule has 34 heavy (non-hydrogen) atoms. The molecular formula is C24H14Cl2F3N3O2. The predicted molar refractivity (Wildman–Crippen MR) is 122 cm³/mol. The zero-order valence-electron chi connectivity index (χ0n) is 17.6. The molecule has 5 nitrogen and oxygen atoms in total. The lowest BCUT2D eigenvalue weighted by atomic mass is 9.95. The summed E-state index contributed by atoms with van der Waals surface area (Å²) in [5, 5.41) is 12.7. The van der Waals surface area contributed by atoms with Gasteiger partial charge in [0.25, 0.3) is 5.91 Å². The summed E-state index contributed by atoms with van der Waals surface area (Å²) >= 11 is 12.2. The number of ketones is 1. The topological polar surface area (TPSA) is 74.9 Å². The molecule has 2 aromatic carbocycles. The van der Waals surface area contributed by atoms with Crippen LogP contribution in [0.4, 0.5) is 18.9 Å². The third-order valence-corrected chi connectivity index (χ3v) is 6.00. The summed E-state index contributed by atoms with van der Waals surface area (Å²) in [5.41, 5.74) is 0.0987. The van der Waals surface area contributed by atoms with Crippen LogP contribution in [0.5, 0.6) is 0 Å². The maximum atomic E-state index is 13.4. The molecule has 0 bridgehead atoms. The van der Waals surface area contributed by atoms with Gasteiger partial charge in [0.15, 0.2) is 0 Å². The molecule has 1 aliphatic rings. The molecule has 172 valence electrons. The lowest BCUT2D eigenvalue weighted by Gasteiger charge is -2.13. The number of nitrogens with one attached hydrogen (secondary N) is 1. The van der Waals surface area contributed by atoms with Crippen molar-refractivity contribution in [2.24, 2.45) is 0 Å². The molecule has 10 heteroatoms. The maximum Gasteiger partial charge on any atom is 0.416 e. The van der Waals surface area contributed by atoms with Gasteiger partial charge in [-0.2, -0.15) is 18.4 Å². The molecule has 2 heterocycles. The van der Waals surface area contributed by atoms with Gasteiger partial charge in [-0.25, -0.2) is 0 Å². The summed E-state index contributed by atoms with van der Waals surface area (Å²) in [7, 11) is 0. The molecule has 1 N–H and O–H groups in total. The number of carbonyl (C=O) groups excluding carboxylic acids is 2. The van der Waals surface area contributed by atoms with Crippen LogP contribution in [-0.4, -0.2) is 16.3 Å². The summed E-state index contributed by atoms with van der Waals surface area (Å²) in [6.07, 6.45) is -4.53. The third-order valence-electron chi connectivity index (χ3n) is 5.49. The maximum absolute atomic E-state index is 13.4. The van der Waals surface area contributed by atoms with Crippen molar-refractivity contribution in [2.75, 3.05) is 5.32 Å². The minimum absolute atomic E-state index is 0.0772. The van der Waals surface area contributed by atoms with E-state index in [1.165, 1.54) is 34.9 Å². The second kappa shape index (κ2) is 8.35. The Labute approximate surface area is 202 Å². The van der Waals surface area contributed by atoms with Gasteiger partial charge in [-0.15, -0.1) is 0 Å². The Balaban J connectivity index is 1.86. The zero-order valence-corrected chi connectivity index (χ0v) is 19.2. The van der Waals surface area contributed by atoms with Gasteiger partial charge in [0.05, 0.1) is 21.8 Å². The normalized spacial score (nSPS) is 14.5. The number of allylic oxidation sites excluding steroid dienone is 1. The van der Waals surface area contributed by atoms with Crippen LogP contribution in [0.2, 0.25) is 10.0 Å². The predicted octanol–water partition coefficient (Wildman–Crippen LogP) is 6.53. The summed E-state index contributed by atoms with van der Waals surface area (Å²) < 4.78 is 41.1.